The Balaban J connectivity index is 2.36. The molecule has 4 heteroatoms. The maximum Gasteiger partial charge on any atom is 0.336 e. The molecule has 17 heavy (non-hydrogen) atoms. The van der Waals surface area contributed by atoms with Gasteiger partial charge in [0, 0.05) is 22.9 Å². The summed E-state index contributed by atoms with van der Waals surface area (Å²) >= 11 is 0. The Morgan fingerprint density at radius 2 is 1.82 bits per heavy atom. The molecular formula is C13H10O4. The third kappa shape index (κ3) is 1.62. The van der Waals surface area contributed by atoms with Crippen LogP contribution in [0.1, 0.15) is 18.8 Å². The second kappa shape index (κ2) is 3.46. The molecule has 1 unspecified atom stereocenters. The fraction of sp³-hybridized carbons (Fsp3) is 0.154. The molecule has 0 bridgehead atoms. The minimum atomic E-state index is -0.655. The summed E-state index contributed by atoms with van der Waals surface area (Å²) in [5, 5.41) is 11.1. The van der Waals surface area contributed by atoms with Crippen molar-refractivity contribution in [2.75, 3.05) is 0 Å². The summed E-state index contributed by atoms with van der Waals surface area (Å²) in [6, 6.07) is 8.39. The van der Waals surface area contributed by atoms with E-state index in [1.165, 1.54) is 6.07 Å². The van der Waals surface area contributed by atoms with E-state index in [1.54, 1.807) is 25.1 Å². The first kappa shape index (κ1) is 10.1. The van der Waals surface area contributed by atoms with Crippen LogP contribution in [-0.2, 0) is 0 Å². The van der Waals surface area contributed by atoms with Crippen molar-refractivity contribution < 1.29 is 13.9 Å². The van der Waals surface area contributed by atoms with Crippen molar-refractivity contribution in [3.63, 3.8) is 0 Å². The predicted molar refractivity (Wildman–Crippen MR) is 62.9 cm³/mol. The Morgan fingerprint density at radius 1 is 1.06 bits per heavy atom. The summed E-state index contributed by atoms with van der Waals surface area (Å²) < 4.78 is 10.5. The van der Waals surface area contributed by atoms with E-state index in [0.29, 0.717) is 16.9 Å². The van der Waals surface area contributed by atoms with Gasteiger partial charge in [0.1, 0.15) is 23.0 Å². The Hall–Kier alpha value is -2.07. The second-order valence-corrected chi connectivity index (χ2v) is 4.01. The molecular weight excluding hydrogens is 220 g/mol. The van der Waals surface area contributed by atoms with Crippen LogP contribution in [0.4, 0.5) is 0 Å². The molecule has 3 rings (SSSR count). The smallest absolute Gasteiger partial charge is 0.336 e. The highest BCUT2D eigenvalue weighted by Crippen LogP contribution is 2.27. The molecule has 0 aliphatic rings. The minimum Gasteiger partial charge on any atom is -0.458 e. The van der Waals surface area contributed by atoms with Crippen LogP contribution >= 0.6 is 0 Å². The van der Waals surface area contributed by atoms with E-state index in [2.05, 4.69) is 0 Å². The van der Waals surface area contributed by atoms with Crippen molar-refractivity contribution in [3.8, 4) is 0 Å². The lowest BCUT2D eigenvalue weighted by atomic mass is 10.1. The molecule has 0 amide bonds. The topological polar surface area (TPSA) is 63.6 Å². The summed E-state index contributed by atoms with van der Waals surface area (Å²) in [5.41, 5.74) is 0.693. The first-order chi connectivity index (χ1) is 8.13. The summed E-state index contributed by atoms with van der Waals surface area (Å²) in [6.45, 7) is 1.64. The number of hydrogen-bond donors (Lipinski definition) is 1. The number of benzene rings is 1. The number of hydrogen-bond acceptors (Lipinski definition) is 4. The Bertz CT molecular complexity index is 749. The van der Waals surface area contributed by atoms with E-state index >= 15 is 0 Å². The average molecular weight is 230 g/mol. The summed E-state index contributed by atoms with van der Waals surface area (Å²) in [5.74, 6) is 0.498. The number of aliphatic hydroxyl groups is 1. The third-order valence-corrected chi connectivity index (χ3v) is 2.69. The Kier molecular flexibility index (Phi) is 2.06. The lowest BCUT2D eigenvalue weighted by Gasteiger charge is -1.96. The lowest BCUT2D eigenvalue weighted by molar-refractivity contribution is 0.172. The molecule has 4 nitrogen and oxygen atoms in total. The van der Waals surface area contributed by atoms with E-state index in [9.17, 15) is 9.90 Å². The normalized spacial score (nSPS) is 13.3. The van der Waals surface area contributed by atoms with Crippen LogP contribution in [0.25, 0.3) is 21.9 Å². The molecule has 1 atom stereocenters. The fourth-order valence-electron chi connectivity index (χ4n) is 1.83. The van der Waals surface area contributed by atoms with Gasteiger partial charge < -0.3 is 13.9 Å². The standard InChI is InChI=1S/C13H10O4/c1-7(14)10-5-9-4-8-2-3-13(15)17-11(8)6-12(9)16-10/h2-7,14H,1H3. The van der Waals surface area contributed by atoms with Gasteiger partial charge in [-0.25, -0.2) is 4.79 Å². The number of rotatable bonds is 1. The van der Waals surface area contributed by atoms with Crippen LogP contribution in [-0.4, -0.2) is 5.11 Å². The molecule has 86 valence electrons. The molecule has 0 saturated heterocycles. The van der Waals surface area contributed by atoms with Gasteiger partial charge in [0.05, 0.1) is 0 Å². The van der Waals surface area contributed by atoms with Crippen LogP contribution in [0.3, 0.4) is 0 Å². The van der Waals surface area contributed by atoms with Crippen molar-refractivity contribution in [2.24, 2.45) is 0 Å². The Morgan fingerprint density at radius 3 is 2.59 bits per heavy atom. The van der Waals surface area contributed by atoms with Crippen molar-refractivity contribution in [2.45, 2.75) is 13.0 Å². The summed E-state index contributed by atoms with van der Waals surface area (Å²) in [4.78, 5) is 11.1. The zero-order valence-electron chi connectivity index (χ0n) is 9.14. The second-order valence-electron chi connectivity index (χ2n) is 4.01. The molecule has 1 aromatic carbocycles. The maximum atomic E-state index is 11.1. The van der Waals surface area contributed by atoms with E-state index < -0.39 is 6.10 Å². The van der Waals surface area contributed by atoms with Crippen LogP contribution < -0.4 is 5.63 Å². The highest BCUT2D eigenvalue weighted by atomic mass is 16.4. The van der Waals surface area contributed by atoms with E-state index in [-0.39, 0.29) is 5.63 Å². The molecule has 0 fully saturated rings. The van der Waals surface area contributed by atoms with E-state index in [0.717, 1.165) is 10.8 Å². The molecule has 2 heterocycles. The van der Waals surface area contributed by atoms with E-state index in [1.807, 2.05) is 6.07 Å². The first-order valence-corrected chi connectivity index (χ1v) is 5.29. The monoisotopic (exact) mass is 230 g/mol. The molecule has 0 aliphatic heterocycles. The molecule has 0 saturated carbocycles. The van der Waals surface area contributed by atoms with Crippen molar-refractivity contribution in [1.29, 1.82) is 0 Å². The van der Waals surface area contributed by atoms with Crippen molar-refractivity contribution >= 4 is 21.9 Å². The third-order valence-electron chi connectivity index (χ3n) is 2.69. The molecule has 0 spiro atoms. The van der Waals surface area contributed by atoms with Gasteiger partial charge in [-0.05, 0) is 25.1 Å². The quantitative estimate of drug-likeness (QED) is 0.652. The minimum absolute atomic E-state index is 0.390. The highest BCUT2D eigenvalue weighted by molar-refractivity contribution is 5.93. The Labute approximate surface area is 96.1 Å². The van der Waals surface area contributed by atoms with Gasteiger partial charge in [-0.15, -0.1) is 0 Å². The van der Waals surface area contributed by atoms with Crippen molar-refractivity contribution in [1.82, 2.24) is 0 Å². The zero-order chi connectivity index (χ0) is 12.0. The van der Waals surface area contributed by atoms with Gasteiger partial charge in [0.25, 0.3) is 0 Å². The molecule has 3 aromatic rings. The molecule has 0 radical (unpaired) electrons. The van der Waals surface area contributed by atoms with Crippen molar-refractivity contribution in [3.05, 3.63) is 46.5 Å². The van der Waals surface area contributed by atoms with E-state index in [4.69, 9.17) is 8.83 Å². The summed E-state index contributed by atoms with van der Waals surface area (Å²) in [7, 11) is 0. The largest absolute Gasteiger partial charge is 0.458 e. The predicted octanol–water partition coefficient (Wildman–Crippen LogP) is 2.59. The first-order valence-electron chi connectivity index (χ1n) is 5.29. The van der Waals surface area contributed by atoms with Crippen LogP contribution in [0.5, 0.6) is 0 Å². The summed E-state index contributed by atoms with van der Waals surface area (Å²) in [6.07, 6.45) is -0.655. The lowest BCUT2D eigenvalue weighted by Crippen LogP contribution is -1.93. The van der Waals surface area contributed by atoms with Gasteiger partial charge in [-0.1, -0.05) is 0 Å². The number of furan rings is 1. The van der Waals surface area contributed by atoms with Gasteiger partial charge in [-0.2, -0.15) is 0 Å². The fourth-order valence-corrected chi connectivity index (χ4v) is 1.83. The number of aliphatic hydroxyl groups excluding tert-OH is 1. The molecule has 1 N–H and O–H groups in total. The van der Waals surface area contributed by atoms with Crippen LogP contribution in [0.15, 0.2) is 44.0 Å². The maximum absolute atomic E-state index is 11.1. The zero-order valence-corrected chi connectivity index (χ0v) is 9.14. The molecule has 0 aliphatic carbocycles. The van der Waals surface area contributed by atoms with Gasteiger partial charge in [-0.3, -0.25) is 0 Å². The number of fused-ring (bicyclic) bond motifs is 2. The average Bonchev–Trinajstić information content (AvgIpc) is 2.68. The highest BCUT2D eigenvalue weighted by Gasteiger charge is 2.10. The van der Waals surface area contributed by atoms with Crippen LogP contribution in [0.2, 0.25) is 0 Å². The SMILES string of the molecule is CC(O)c1cc2cc3ccc(=O)oc3cc2o1. The molecule has 2 aromatic heterocycles. The van der Waals surface area contributed by atoms with Gasteiger partial charge >= 0.3 is 5.63 Å². The van der Waals surface area contributed by atoms with Crippen LogP contribution in [0, 0.1) is 0 Å². The van der Waals surface area contributed by atoms with Gasteiger partial charge in [0.15, 0.2) is 0 Å². The van der Waals surface area contributed by atoms with Gasteiger partial charge in [0.2, 0.25) is 0 Å².